The fourth-order valence-corrected chi connectivity index (χ4v) is 5.47. The van der Waals surface area contributed by atoms with Crippen LogP contribution in [0.15, 0.2) is 96.1 Å². The average molecular weight is 445 g/mol. The summed E-state index contributed by atoms with van der Waals surface area (Å²) in [6.07, 6.45) is 5.06. The quantitative estimate of drug-likeness (QED) is 0.282. The third kappa shape index (κ3) is 4.35. The molecule has 0 heterocycles. The van der Waals surface area contributed by atoms with E-state index >= 15 is 0 Å². The van der Waals surface area contributed by atoms with Crippen LogP contribution in [-0.4, -0.2) is 5.78 Å². The van der Waals surface area contributed by atoms with Crippen LogP contribution < -0.4 is 0 Å². The average Bonchev–Trinajstić information content (AvgIpc) is 2.82. The summed E-state index contributed by atoms with van der Waals surface area (Å²) in [6.45, 7) is 9.12. The van der Waals surface area contributed by atoms with Gasteiger partial charge in [-0.3, -0.25) is 4.79 Å². The molecular weight excluding hydrogens is 412 g/mol. The minimum atomic E-state index is 0.102. The van der Waals surface area contributed by atoms with Crippen molar-refractivity contribution < 1.29 is 4.79 Å². The van der Waals surface area contributed by atoms with Gasteiger partial charge in [0.1, 0.15) is 0 Å². The normalized spacial score (nSPS) is 21.6. The van der Waals surface area contributed by atoms with Gasteiger partial charge in [-0.05, 0) is 80.6 Å². The first kappa shape index (κ1) is 22.3. The van der Waals surface area contributed by atoms with Crippen LogP contribution in [0.2, 0.25) is 0 Å². The minimum Gasteiger partial charge on any atom is -0.289 e. The standard InChI is InChI=1S/C33H32O/c1-22-30(20-24-14-16-26-10-6-8-12-28(26)18-24)32(34)29(21-31(22)33(2,3)4)19-23-13-15-25-9-5-7-11-27(25)17-23/h5-20,22,31H,21H2,1-4H3/b29-19+,30-20+. The van der Waals surface area contributed by atoms with Crippen molar-refractivity contribution in [1.82, 2.24) is 0 Å². The molecule has 0 N–H and O–H groups in total. The van der Waals surface area contributed by atoms with Crippen molar-refractivity contribution in [3.8, 4) is 0 Å². The number of carbonyl (C=O) groups is 1. The van der Waals surface area contributed by atoms with Crippen LogP contribution in [0.5, 0.6) is 0 Å². The molecule has 0 bridgehead atoms. The van der Waals surface area contributed by atoms with Gasteiger partial charge < -0.3 is 0 Å². The van der Waals surface area contributed by atoms with Gasteiger partial charge in [0, 0.05) is 11.1 Å². The van der Waals surface area contributed by atoms with Crippen molar-refractivity contribution in [1.29, 1.82) is 0 Å². The number of Topliss-reactive ketones (excluding diaryl/α,β-unsaturated/α-hetero) is 1. The third-order valence-electron chi connectivity index (χ3n) is 7.41. The van der Waals surface area contributed by atoms with Crippen LogP contribution in [-0.2, 0) is 4.79 Å². The molecular formula is C33H32O. The lowest BCUT2D eigenvalue weighted by Gasteiger charge is -2.40. The number of fused-ring (bicyclic) bond motifs is 2. The SMILES string of the molecule is CC1/C(=C\c2ccc3ccccc3c2)C(=O)/C(=C/c2ccc3ccccc3c2)CC1C(C)(C)C. The summed E-state index contributed by atoms with van der Waals surface area (Å²) in [7, 11) is 0. The number of benzene rings is 4. The highest BCUT2D eigenvalue weighted by atomic mass is 16.1. The van der Waals surface area contributed by atoms with E-state index in [1.807, 2.05) is 0 Å². The Morgan fingerprint density at radius 2 is 1.21 bits per heavy atom. The Hall–Kier alpha value is -3.45. The van der Waals surface area contributed by atoms with E-state index in [9.17, 15) is 4.79 Å². The highest BCUT2D eigenvalue weighted by molar-refractivity contribution is 6.14. The van der Waals surface area contributed by atoms with Gasteiger partial charge >= 0.3 is 0 Å². The van der Waals surface area contributed by atoms with Gasteiger partial charge in [-0.1, -0.05) is 100 Å². The van der Waals surface area contributed by atoms with Crippen LogP contribution in [0, 0.1) is 17.3 Å². The lowest BCUT2D eigenvalue weighted by Crippen LogP contribution is -2.35. The summed E-state index contributed by atoms with van der Waals surface area (Å²) in [5, 5.41) is 4.84. The van der Waals surface area contributed by atoms with Crippen LogP contribution >= 0.6 is 0 Å². The lowest BCUT2D eigenvalue weighted by atomic mass is 9.63. The molecule has 170 valence electrons. The number of ketones is 1. The van der Waals surface area contributed by atoms with Gasteiger partial charge in [0.2, 0.25) is 0 Å². The predicted octanol–water partition coefficient (Wildman–Crippen LogP) is 8.73. The maximum absolute atomic E-state index is 13.8. The topological polar surface area (TPSA) is 17.1 Å². The lowest BCUT2D eigenvalue weighted by molar-refractivity contribution is -0.114. The van der Waals surface area contributed by atoms with Crippen molar-refractivity contribution >= 4 is 39.5 Å². The number of allylic oxidation sites excluding steroid dienone is 2. The molecule has 5 rings (SSSR count). The molecule has 0 amide bonds. The summed E-state index contributed by atoms with van der Waals surface area (Å²) in [5.74, 6) is 0.783. The first-order valence-electron chi connectivity index (χ1n) is 12.2. The molecule has 0 spiro atoms. The van der Waals surface area contributed by atoms with Crippen LogP contribution in [0.4, 0.5) is 0 Å². The summed E-state index contributed by atoms with van der Waals surface area (Å²) >= 11 is 0. The van der Waals surface area contributed by atoms with E-state index in [1.54, 1.807) is 0 Å². The van der Waals surface area contributed by atoms with Gasteiger partial charge in [0.25, 0.3) is 0 Å². The van der Waals surface area contributed by atoms with E-state index in [1.165, 1.54) is 21.5 Å². The van der Waals surface area contributed by atoms with E-state index in [-0.39, 0.29) is 17.1 Å². The maximum Gasteiger partial charge on any atom is 0.185 e. The van der Waals surface area contributed by atoms with Crippen molar-refractivity contribution in [2.75, 3.05) is 0 Å². The van der Waals surface area contributed by atoms with Crippen molar-refractivity contribution in [3.63, 3.8) is 0 Å². The summed E-state index contributed by atoms with van der Waals surface area (Å²) in [4.78, 5) is 13.8. The summed E-state index contributed by atoms with van der Waals surface area (Å²) < 4.78 is 0. The Morgan fingerprint density at radius 1 is 0.706 bits per heavy atom. The zero-order valence-corrected chi connectivity index (χ0v) is 20.5. The van der Waals surface area contributed by atoms with Gasteiger partial charge in [-0.2, -0.15) is 0 Å². The van der Waals surface area contributed by atoms with Gasteiger partial charge in [-0.15, -0.1) is 0 Å². The van der Waals surface area contributed by atoms with E-state index in [0.29, 0.717) is 5.92 Å². The smallest absolute Gasteiger partial charge is 0.185 e. The second-order valence-electron chi connectivity index (χ2n) is 10.8. The van der Waals surface area contributed by atoms with Crippen molar-refractivity contribution in [2.24, 2.45) is 17.3 Å². The maximum atomic E-state index is 13.8. The van der Waals surface area contributed by atoms with Crippen molar-refractivity contribution in [3.05, 3.63) is 107 Å². The predicted molar refractivity (Wildman–Crippen MR) is 146 cm³/mol. The van der Waals surface area contributed by atoms with Gasteiger partial charge in [-0.25, -0.2) is 0 Å². The monoisotopic (exact) mass is 444 g/mol. The molecule has 2 unspecified atom stereocenters. The largest absolute Gasteiger partial charge is 0.289 e. The first-order valence-corrected chi connectivity index (χ1v) is 12.2. The third-order valence-corrected chi connectivity index (χ3v) is 7.41. The molecule has 0 aromatic heterocycles. The molecule has 2 atom stereocenters. The Morgan fingerprint density at radius 3 is 1.74 bits per heavy atom. The first-order chi connectivity index (χ1) is 16.3. The van der Waals surface area contributed by atoms with Crippen LogP contribution in [0.25, 0.3) is 33.7 Å². The molecule has 1 saturated carbocycles. The number of hydrogen-bond acceptors (Lipinski definition) is 1. The minimum absolute atomic E-state index is 0.102. The van der Waals surface area contributed by atoms with Gasteiger partial charge in [0.05, 0.1) is 0 Å². The van der Waals surface area contributed by atoms with E-state index < -0.39 is 0 Å². The van der Waals surface area contributed by atoms with E-state index in [2.05, 4.69) is 125 Å². The number of hydrogen-bond donors (Lipinski definition) is 0. The van der Waals surface area contributed by atoms with E-state index in [4.69, 9.17) is 0 Å². The van der Waals surface area contributed by atoms with Crippen LogP contribution in [0.1, 0.15) is 45.2 Å². The molecule has 0 radical (unpaired) electrons. The highest BCUT2D eigenvalue weighted by Gasteiger charge is 2.39. The summed E-state index contributed by atoms with van der Waals surface area (Å²) in [6, 6.07) is 29.7. The van der Waals surface area contributed by atoms with E-state index in [0.717, 1.165) is 28.7 Å². The molecule has 1 aliphatic carbocycles. The Labute approximate surface area is 202 Å². The zero-order chi connectivity index (χ0) is 23.9. The fraction of sp³-hybridized carbons (Fsp3) is 0.242. The Bertz CT molecular complexity index is 1440. The van der Waals surface area contributed by atoms with Crippen molar-refractivity contribution in [2.45, 2.75) is 34.1 Å². The Balaban J connectivity index is 1.59. The molecule has 1 heteroatoms. The number of rotatable bonds is 2. The molecule has 4 aromatic carbocycles. The number of carbonyl (C=O) groups excluding carboxylic acids is 1. The molecule has 1 nitrogen and oxygen atoms in total. The van der Waals surface area contributed by atoms with Gasteiger partial charge in [0.15, 0.2) is 5.78 Å². The molecule has 34 heavy (non-hydrogen) atoms. The highest BCUT2D eigenvalue weighted by Crippen LogP contribution is 2.45. The van der Waals surface area contributed by atoms with Crippen LogP contribution in [0.3, 0.4) is 0 Å². The zero-order valence-electron chi connectivity index (χ0n) is 20.5. The molecule has 4 aromatic rings. The molecule has 1 aliphatic rings. The molecule has 0 saturated heterocycles. The Kier molecular flexibility index (Phi) is 5.73. The second-order valence-corrected chi connectivity index (χ2v) is 10.8. The summed E-state index contributed by atoms with van der Waals surface area (Å²) in [5.41, 5.74) is 4.13. The molecule has 1 fully saturated rings. The fourth-order valence-electron chi connectivity index (χ4n) is 5.47. The second kappa shape index (κ2) is 8.72. The molecule has 0 aliphatic heterocycles.